The maximum atomic E-state index is 14.0. The molecule has 0 radical (unpaired) electrons. The summed E-state index contributed by atoms with van der Waals surface area (Å²) in [6, 6.07) is 3.26. The van der Waals surface area contributed by atoms with Gasteiger partial charge >= 0.3 is 0 Å². The molecule has 0 bridgehead atoms. The molecular weight excluding hydrogens is 220 g/mol. The third-order valence-electron chi connectivity index (χ3n) is 3.84. The molecule has 17 heavy (non-hydrogen) atoms. The fourth-order valence-electron chi connectivity index (χ4n) is 2.87. The summed E-state index contributed by atoms with van der Waals surface area (Å²) < 4.78 is 27.5. The second kappa shape index (κ2) is 4.37. The lowest BCUT2D eigenvalue weighted by Gasteiger charge is -2.37. The van der Waals surface area contributed by atoms with Crippen LogP contribution in [0.3, 0.4) is 0 Å². The molecule has 0 spiro atoms. The van der Waals surface area contributed by atoms with Crippen LogP contribution in [0.1, 0.15) is 43.7 Å². The summed E-state index contributed by atoms with van der Waals surface area (Å²) in [6.45, 7) is 3.68. The zero-order valence-electron chi connectivity index (χ0n) is 10.4. The van der Waals surface area contributed by atoms with E-state index >= 15 is 0 Å². The van der Waals surface area contributed by atoms with Crippen molar-refractivity contribution in [3.05, 3.63) is 34.9 Å². The summed E-state index contributed by atoms with van der Waals surface area (Å²) in [7, 11) is 0. The van der Waals surface area contributed by atoms with Crippen molar-refractivity contribution in [2.45, 2.75) is 45.1 Å². The van der Waals surface area contributed by atoms with Gasteiger partial charge in [0.25, 0.3) is 0 Å². The SMILES string of the molecule is Cc1ccc(C2(N)CCCC(C)C2)c(F)c1F. The van der Waals surface area contributed by atoms with E-state index in [1.807, 2.05) is 0 Å². The highest BCUT2D eigenvalue weighted by Gasteiger charge is 2.35. The van der Waals surface area contributed by atoms with E-state index < -0.39 is 17.2 Å². The molecular formula is C14H19F2N. The molecule has 1 saturated carbocycles. The van der Waals surface area contributed by atoms with Gasteiger partial charge in [0.15, 0.2) is 11.6 Å². The Balaban J connectivity index is 2.42. The molecule has 0 saturated heterocycles. The number of hydrogen-bond donors (Lipinski definition) is 1. The molecule has 94 valence electrons. The van der Waals surface area contributed by atoms with Crippen LogP contribution < -0.4 is 5.73 Å². The van der Waals surface area contributed by atoms with Gasteiger partial charge in [-0.1, -0.05) is 31.9 Å². The third-order valence-corrected chi connectivity index (χ3v) is 3.84. The largest absolute Gasteiger partial charge is 0.321 e. The molecule has 2 N–H and O–H groups in total. The first-order valence-corrected chi connectivity index (χ1v) is 6.18. The second-order valence-electron chi connectivity index (χ2n) is 5.42. The summed E-state index contributed by atoms with van der Waals surface area (Å²) in [4.78, 5) is 0. The van der Waals surface area contributed by atoms with Crippen LogP contribution in [0, 0.1) is 24.5 Å². The molecule has 0 heterocycles. The Hall–Kier alpha value is -0.960. The first kappa shape index (κ1) is 12.5. The van der Waals surface area contributed by atoms with Crippen LogP contribution >= 0.6 is 0 Å². The van der Waals surface area contributed by atoms with Gasteiger partial charge in [-0.15, -0.1) is 0 Å². The number of halogens is 2. The molecule has 1 fully saturated rings. The Kier molecular flexibility index (Phi) is 3.21. The molecule has 0 aliphatic heterocycles. The first-order valence-electron chi connectivity index (χ1n) is 6.18. The predicted molar refractivity (Wildman–Crippen MR) is 64.6 cm³/mol. The summed E-state index contributed by atoms with van der Waals surface area (Å²) in [6.07, 6.45) is 3.56. The smallest absolute Gasteiger partial charge is 0.164 e. The van der Waals surface area contributed by atoms with Crippen molar-refractivity contribution in [1.29, 1.82) is 0 Å². The molecule has 1 aromatic rings. The molecule has 2 atom stereocenters. The number of aryl methyl sites for hydroxylation is 1. The van der Waals surface area contributed by atoms with Crippen molar-refractivity contribution in [3.63, 3.8) is 0 Å². The van der Waals surface area contributed by atoms with Gasteiger partial charge in [0.2, 0.25) is 0 Å². The monoisotopic (exact) mass is 239 g/mol. The zero-order valence-corrected chi connectivity index (χ0v) is 10.4. The standard InChI is InChI=1S/C14H19F2N/c1-9-4-3-7-14(17,8-9)11-6-5-10(2)12(15)13(11)16/h5-6,9H,3-4,7-8,17H2,1-2H3. The summed E-state index contributed by atoms with van der Waals surface area (Å²) in [5.74, 6) is -1.05. The van der Waals surface area contributed by atoms with E-state index in [9.17, 15) is 8.78 Å². The molecule has 0 aromatic heterocycles. The van der Waals surface area contributed by atoms with Gasteiger partial charge in [0, 0.05) is 11.1 Å². The molecule has 1 nitrogen and oxygen atoms in total. The lowest BCUT2D eigenvalue weighted by molar-refractivity contribution is 0.231. The average molecular weight is 239 g/mol. The van der Waals surface area contributed by atoms with E-state index in [0.29, 0.717) is 17.0 Å². The Bertz CT molecular complexity index is 430. The quantitative estimate of drug-likeness (QED) is 0.795. The topological polar surface area (TPSA) is 26.0 Å². The lowest BCUT2D eigenvalue weighted by atomic mass is 9.73. The Labute approximate surface area is 101 Å². The lowest BCUT2D eigenvalue weighted by Crippen LogP contribution is -2.42. The number of rotatable bonds is 1. The Morgan fingerprint density at radius 1 is 1.29 bits per heavy atom. The number of hydrogen-bond acceptors (Lipinski definition) is 1. The van der Waals surface area contributed by atoms with E-state index in [-0.39, 0.29) is 0 Å². The Morgan fingerprint density at radius 3 is 2.65 bits per heavy atom. The minimum atomic E-state index is -0.762. The maximum absolute atomic E-state index is 14.0. The van der Waals surface area contributed by atoms with Crippen LogP contribution in [0.2, 0.25) is 0 Å². The third kappa shape index (κ3) is 2.21. The second-order valence-corrected chi connectivity index (χ2v) is 5.42. The van der Waals surface area contributed by atoms with Crippen LogP contribution in [-0.4, -0.2) is 0 Å². The van der Waals surface area contributed by atoms with Crippen molar-refractivity contribution in [2.75, 3.05) is 0 Å². The zero-order chi connectivity index (χ0) is 12.6. The van der Waals surface area contributed by atoms with Crippen molar-refractivity contribution in [2.24, 2.45) is 11.7 Å². The van der Waals surface area contributed by atoms with Gasteiger partial charge in [-0.25, -0.2) is 8.78 Å². The first-order chi connectivity index (χ1) is 7.94. The van der Waals surface area contributed by atoms with Crippen molar-refractivity contribution >= 4 is 0 Å². The van der Waals surface area contributed by atoms with Gasteiger partial charge in [0.05, 0.1) is 0 Å². The molecule has 2 unspecified atom stereocenters. The van der Waals surface area contributed by atoms with E-state index in [2.05, 4.69) is 6.92 Å². The molecule has 0 amide bonds. The molecule has 3 heteroatoms. The van der Waals surface area contributed by atoms with Crippen LogP contribution in [0.4, 0.5) is 8.78 Å². The molecule has 1 aliphatic rings. The van der Waals surface area contributed by atoms with Gasteiger partial charge in [-0.05, 0) is 31.2 Å². The van der Waals surface area contributed by atoms with Crippen LogP contribution in [0.5, 0.6) is 0 Å². The average Bonchev–Trinajstić information content (AvgIpc) is 2.25. The van der Waals surface area contributed by atoms with Crippen LogP contribution in [0.25, 0.3) is 0 Å². The van der Waals surface area contributed by atoms with Crippen LogP contribution in [-0.2, 0) is 5.54 Å². The number of nitrogens with two attached hydrogens (primary N) is 1. The highest BCUT2D eigenvalue weighted by Crippen LogP contribution is 2.39. The van der Waals surface area contributed by atoms with Gasteiger partial charge in [0.1, 0.15) is 0 Å². The van der Waals surface area contributed by atoms with Gasteiger partial charge in [-0.3, -0.25) is 0 Å². The van der Waals surface area contributed by atoms with E-state index in [1.54, 1.807) is 19.1 Å². The van der Waals surface area contributed by atoms with E-state index in [4.69, 9.17) is 5.73 Å². The molecule has 1 aliphatic carbocycles. The van der Waals surface area contributed by atoms with E-state index in [1.165, 1.54) is 0 Å². The fourth-order valence-corrected chi connectivity index (χ4v) is 2.87. The number of benzene rings is 1. The minimum Gasteiger partial charge on any atom is -0.321 e. The van der Waals surface area contributed by atoms with E-state index in [0.717, 1.165) is 25.7 Å². The predicted octanol–water partition coefficient (Wildman–Crippen LogP) is 3.64. The highest BCUT2D eigenvalue weighted by molar-refractivity contribution is 5.31. The molecule has 2 rings (SSSR count). The fraction of sp³-hybridized carbons (Fsp3) is 0.571. The summed E-state index contributed by atoms with van der Waals surface area (Å²) in [5.41, 5.74) is 6.26. The van der Waals surface area contributed by atoms with Crippen molar-refractivity contribution in [3.8, 4) is 0 Å². The highest BCUT2D eigenvalue weighted by atomic mass is 19.2. The summed E-state index contributed by atoms with van der Waals surface area (Å²) in [5, 5.41) is 0. The minimum absolute atomic E-state index is 0.332. The molecule has 1 aromatic carbocycles. The Morgan fingerprint density at radius 2 is 2.00 bits per heavy atom. The van der Waals surface area contributed by atoms with Crippen molar-refractivity contribution in [1.82, 2.24) is 0 Å². The maximum Gasteiger partial charge on any atom is 0.164 e. The van der Waals surface area contributed by atoms with Gasteiger partial charge < -0.3 is 5.73 Å². The van der Waals surface area contributed by atoms with Crippen molar-refractivity contribution < 1.29 is 8.78 Å². The van der Waals surface area contributed by atoms with Gasteiger partial charge in [-0.2, -0.15) is 0 Å². The normalized spacial score (nSPS) is 29.4. The van der Waals surface area contributed by atoms with Crippen LogP contribution in [0.15, 0.2) is 12.1 Å². The summed E-state index contributed by atoms with van der Waals surface area (Å²) >= 11 is 0.